The van der Waals surface area contributed by atoms with E-state index < -0.39 is 0 Å². The Labute approximate surface area is 59.9 Å². The topological polar surface area (TPSA) is 65.8 Å². The van der Waals surface area contributed by atoms with Crippen LogP contribution in [0.25, 0.3) is 10.4 Å². The minimum Gasteiger partial charge on any atom is -0.300 e. The first-order valence-corrected chi connectivity index (χ1v) is 3.19. The molecule has 0 radical (unpaired) electrons. The Kier molecular flexibility index (Phi) is 4.33. The second-order valence-corrected chi connectivity index (χ2v) is 2.53. The number of carbonyl (C=O) groups is 1. The number of nitrogens with zero attached hydrogens (tertiary/aromatic N) is 3. The van der Waals surface area contributed by atoms with Gasteiger partial charge in [-0.25, -0.2) is 0 Å². The fourth-order valence-electron chi connectivity index (χ4n) is 0.630. The van der Waals surface area contributed by atoms with E-state index in [1.165, 1.54) is 0 Å². The standard InChI is InChI=1S/C6H11N3O/c1-5(2)3-6(10)4-8-9-7/h5H,3-4H2,1-2H3. The van der Waals surface area contributed by atoms with Crippen molar-refractivity contribution in [2.45, 2.75) is 20.3 Å². The van der Waals surface area contributed by atoms with Crippen molar-refractivity contribution in [3.05, 3.63) is 10.4 Å². The van der Waals surface area contributed by atoms with Gasteiger partial charge in [-0.2, -0.15) is 0 Å². The number of hydrogen-bond donors (Lipinski definition) is 0. The summed E-state index contributed by atoms with van der Waals surface area (Å²) in [6, 6.07) is 0. The molecule has 0 spiro atoms. The molecule has 0 aliphatic heterocycles. The van der Waals surface area contributed by atoms with E-state index >= 15 is 0 Å². The summed E-state index contributed by atoms with van der Waals surface area (Å²) in [6.45, 7) is 3.90. The second-order valence-electron chi connectivity index (χ2n) is 2.53. The molecule has 0 aromatic carbocycles. The summed E-state index contributed by atoms with van der Waals surface area (Å²) in [5.74, 6) is 0.356. The molecule has 0 aliphatic rings. The Bertz CT molecular complexity index is 158. The lowest BCUT2D eigenvalue weighted by atomic mass is 10.1. The van der Waals surface area contributed by atoms with E-state index in [0.717, 1.165) is 0 Å². The summed E-state index contributed by atoms with van der Waals surface area (Å²) >= 11 is 0. The highest BCUT2D eigenvalue weighted by Crippen LogP contribution is 1.99. The van der Waals surface area contributed by atoms with Crippen molar-refractivity contribution >= 4 is 5.78 Å². The molecule has 0 rings (SSSR count). The molecular weight excluding hydrogens is 130 g/mol. The van der Waals surface area contributed by atoms with Crippen LogP contribution in [0.4, 0.5) is 0 Å². The van der Waals surface area contributed by atoms with Crippen LogP contribution in [0, 0.1) is 5.92 Å². The first-order chi connectivity index (χ1) is 4.66. The third kappa shape index (κ3) is 5.12. The Morgan fingerprint density at radius 2 is 2.30 bits per heavy atom. The molecule has 10 heavy (non-hydrogen) atoms. The number of carbonyl (C=O) groups excluding carboxylic acids is 1. The van der Waals surface area contributed by atoms with Crippen molar-refractivity contribution in [2.75, 3.05) is 6.54 Å². The van der Waals surface area contributed by atoms with Gasteiger partial charge < -0.3 is 0 Å². The molecule has 0 amide bonds. The number of rotatable bonds is 4. The van der Waals surface area contributed by atoms with Gasteiger partial charge in [0.05, 0.1) is 6.54 Å². The number of Topliss-reactive ketones (excluding diaryl/α,β-unsaturated/α-hetero) is 1. The van der Waals surface area contributed by atoms with Crippen LogP contribution in [0.5, 0.6) is 0 Å². The van der Waals surface area contributed by atoms with Crippen LogP contribution in [0.15, 0.2) is 5.11 Å². The molecule has 4 nitrogen and oxygen atoms in total. The molecule has 0 fully saturated rings. The summed E-state index contributed by atoms with van der Waals surface area (Å²) < 4.78 is 0. The lowest BCUT2D eigenvalue weighted by molar-refractivity contribution is -0.118. The fraction of sp³-hybridized carbons (Fsp3) is 0.833. The molecule has 0 N–H and O–H groups in total. The second kappa shape index (κ2) is 4.82. The molecule has 0 saturated carbocycles. The summed E-state index contributed by atoms with van der Waals surface area (Å²) in [4.78, 5) is 13.2. The summed E-state index contributed by atoms with van der Waals surface area (Å²) in [5.41, 5.74) is 7.86. The van der Waals surface area contributed by atoms with Crippen molar-refractivity contribution in [3.8, 4) is 0 Å². The number of azide groups is 1. The summed E-state index contributed by atoms with van der Waals surface area (Å²) in [5, 5.41) is 3.16. The molecule has 0 aliphatic carbocycles. The van der Waals surface area contributed by atoms with E-state index in [0.29, 0.717) is 12.3 Å². The van der Waals surface area contributed by atoms with Gasteiger partial charge in [-0.05, 0) is 11.4 Å². The minimum atomic E-state index is -0.00528. The predicted molar refractivity (Wildman–Crippen MR) is 38.5 cm³/mol. The van der Waals surface area contributed by atoms with E-state index in [1.807, 2.05) is 13.8 Å². The van der Waals surface area contributed by atoms with E-state index in [4.69, 9.17) is 5.53 Å². The Morgan fingerprint density at radius 3 is 2.70 bits per heavy atom. The van der Waals surface area contributed by atoms with Gasteiger partial charge in [0, 0.05) is 11.3 Å². The maximum Gasteiger partial charge on any atom is 0.138 e. The van der Waals surface area contributed by atoms with Gasteiger partial charge in [-0.15, -0.1) is 0 Å². The summed E-state index contributed by atoms with van der Waals surface area (Å²) in [6.07, 6.45) is 0.499. The highest BCUT2D eigenvalue weighted by molar-refractivity contribution is 5.80. The molecule has 0 aromatic rings. The highest BCUT2D eigenvalue weighted by Gasteiger charge is 2.01. The van der Waals surface area contributed by atoms with Crippen LogP contribution >= 0.6 is 0 Å². The zero-order valence-corrected chi connectivity index (χ0v) is 6.24. The zero-order chi connectivity index (χ0) is 7.98. The van der Waals surface area contributed by atoms with Crippen LogP contribution in [0.1, 0.15) is 20.3 Å². The van der Waals surface area contributed by atoms with Crippen LogP contribution < -0.4 is 0 Å². The van der Waals surface area contributed by atoms with Gasteiger partial charge in [0.25, 0.3) is 0 Å². The Balaban J connectivity index is 3.54. The van der Waals surface area contributed by atoms with Crippen molar-refractivity contribution in [1.82, 2.24) is 0 Å². The number of hydrogen-bond acceptors (Lipinski definition) is 2. The largest absolute Gasteiger partial charge is 0.300 e. The van der Waals surface area contributed by atoms with Crippen LogP contribution in [0.2, 0.25) is 0 Å². The molecule has 0 aromatic heterocycles. The predicted octanol–water partition coefficient (Wildman–Crippen LogP) is 1.91. The maximum atomic E-state index is 10.7. The van der Waals surface area contributed by atoms with E-state index in [2.05, 4.69) is 10.0 Å². The first-order valence-electron chi connectivity index (χ1n) is 3.19. The molecule has 0 saturated heterocycles. The van der Waals surface area contributed by atoms with Crippen molar-refractivity contribution in [2.24, 2.45) is 11.0 Å². The molecule has 0 heterocycles. The van der Waals surface area contributed by atoms with Gasteiger partial charge >= 0.3 is 0 Å². The Hall–Kier alpha value is -1.02. The van der Waals surface area contributed by atoms with Crippen LogP contribution in [0.3, 0.4) is 0 Å². The van der Waals surface area contributed by atoms with Gasteiger partial charge in [0.15, 0.2) is 0 Å². The van der Waals surface area contributed by atoms with Crippen molar-refractivity contribution < 1.29 is 4.79 Å². The normalized spacial score (nSPS) is 9.10. The molecule has 56 valence electrons. The number of ketones is 1. The quantitative estimate of drug-likeness (QED) is 0.335. The SMILES string of the molecule is CC(C)CC(=O)CN=[N+]=[N-]. The van der Waals surface area contributed by atoms with Gasteiger partial charge in [0.1, 0.15) is 5.78 Å². The Morgan fingerprint density at radius 1 is 1.70 bits per heavy atom. The fourth-order valence-corrected chi connectivity index (χ4v) is 0.630. The zero-order valence-electron chi connectivity index (χ0n) is 6.24. The van der Waals surface area contributed by atoms with Crippen molar-refractivity contribution in [1.29, 1.82) is 0 Å². The monoisotopic (exact) mass is 141 g/mol. The van der Waals surface area contributed by atoms with E-state index in [9.17, 15) is 4.79 Å². The highest BCUT2D eigenvalue weighted by atomic mass is 16.1. The first kappa shape index (κ1) is 8.98. The van der Waals surface area contributed by atoms with Crippen LogP contribution in [-0.4, -0.2) is 12.3 Å². The average Bonchev–Trinajstić information content (AvgIpc) is 1.82. The molecule has 0 unspecified atom stereocenters. The van der Waals surface area contributed by atoms with Crippen LogP contribution in [-0.2, 0) is 4.79 Å². The van der Waals surface area contributed by atoms with Gasteiger partial charge in [-0.1, -0.05) is 19.0 Å². The maximum absolute atomic E-state index is 10.7. The molecule has 0 atom stereocenters. The lowest BCUT2D eigenvalue weighted by Crippen LogP contribution is -2.05. The third-order valence-electron chi connectivity index (χ3n) is 0.946. The smallest absolute Gasteiger partial charge is 0.138 e. The molecular formula is C6H11N3O. The van der Waals surface area contributed by atoms with E-state index in [1.54, 1.807) is 0 Å². The third-order valence-corrected chi connectivity index (χ3v) is 0.946. The lowest BCUT2D eigenvalue weighted by Gasteiger charge is -1.98. The summed E-state index contributed by atoms with van der Waals surface area (Å²) in [7, 11) is 0. The van der Waals surface area contributed by atoms with Gasteiger partial charge in [0.2, 0.25) is 0 Å². The molecule has 4 heteroatoms. The van der Waals surface area contributed by atoms with Crippen molar-refractivity contribution in [3.63, 3.8) is 0 Å². The molecule has 0 bridgehead atoms. The van der Waals surface area contributed by atoms with Gasteiger partial charge in [-0.3, -0.25) is 4.79 Å². The minimum absolute atomic E-state index is 0.00528. The average molecular weight is 141 g/mol. The van der Waals surface area contributed by atoms with E-state index in [-0.39, 0.29) is 12.3 Å².